The summed E-state index contributed by atoms with van der Waals surface area (Å²) in [6, 6.07) is 60.2. The van der Waals surface area contributed by atoms with Gasteiger partial charge in [-0.3, -0.25) is 4.57 Å². The van der Waals surface area contributed by atoms with Crippen molar-refractivity contribution < 1.29 is 0 Å². The zero-order valence-electron chi connectivity index (χ0n) is 38.1. The molecule has 1 aliphatic heterocycles. The van der Waals surface area contributed by atoms with Crippen LogP contribution in [0.15, 0.2) is 217 Å². The van der Waals surface area contributed by atoms with E-state index in [1.54, 1.807) is 0 Å². The molecule has 67 heavy (non-hydrogen) atoms. The Labute approximate surface area is 392 Å². The van der Waals surface area contributed by atoms with E-state index in [4.69, 9.17) is 9.97 Å². The van der Waals surface area contributed by atoms with E-state index in [0.29, 0.717) is 17.8 Å². The highest BCUT2D eigenvalue weighted by Gasteiger charge is 2.51. The summed E-state index contributed by atoms with van der Waals surface area (Å²) >= 11 is 0. The van der Waals surface area contributed by atoms with Crippen LogP contribution in [0.25, 0.3) is 77.6 Å². The van der Waals surface area contributed by atoms with E-state index in [1.807, 2.05) is 0 Å². The molecule has 13 rings (SSSR count). The van der Waals surface area contributed by atoms with Crippen LogP contribution < -0.4 is 4.90 Å². The molecule has 4 heteroatoms. The van der Waals surface area contributed by atoms with E-state index in [1.165, 1.54) is 72.2 Å². The van der Waals surface area contributed by atoms with Gasteiger partial charge in [0, 0.05) is 32.9 Å². The number of aromatic nitrogens is 3. The minimum atomic E-state index is -0.289. The van der Waals surface area contributed by atoms with Gasteiger partial charge >= 0.3 is 0 Å². The molecule has 2 aromatic heterocycles. The smallest absolute Gasteiger partial charge is 0.235 e. The lowest BCUT2D eigenvalue weighted by molar-refractivity contribution is 0.505. The van der Waals surface area contributed by atoms with E-state index in [9.17, 15) is 0 Å². The van der Waals surface area contributed by atoms with Gasteiger partial charge in [-0.2, -0.15) is 0 Å². The number of hydrogen-bond donors (Lipinski definition) is 0. The van der Waals surface area contributed by atoms with Gasteiger partial charge < -0.3 is 4.90 Å². The zero-order valence-corrected chi connectivity index (χ0v) is 38.1. The van der Waals surface area contributed by atoms with Crippen LogP contribution in [0, 0.1) is 11.8 Å². The second kappa shape index (κ2) is 15.4. The first-order valence-electron chi connectivity index (χ1n) is 23.9. The van der Waals surface area contributed by atoms with Gasteiger partial charge in [-0.15, -0.1) is 0 Å². The Hall–Kier alpha value is -7.82. The van der Waals surface area contributed by atoms with Crippen molar-refractivity contribution in [2.45, 2.75) is 45.1 Å². The van der Waals surface area contributed by atoms with Crippen molar-refractivity contribution >= 4 is 49.7 Å². The first kappa shape index (κ1) is 39.5. The predicted octanol–water partition coefficient (Wildman–Crippen LogP) is 15.9. The normalized spacial score (nSPS) is 20.7. The fourth-order valence-electron chi connectivity index (χ4n) is 11.7. The van der Waals surface area contributed by atoms with Gasteiger partial charge in [0.25, 0.3) is 0 Å². The third-order valence-corrected chi connectivity index (χ3v) is 15.1. The Kier molecular flexibility index (Phi) is 9.08. The number of para-hydroxylation sites is 2. The predicted molar refractivity (Wildman–Crippen MR) is 280 cm³/mol. The van der Waals surface area contributed by atoms with E-state index in [0.717, 1.165) is 46.0 Å². The van der Waals surface area contributed by atoms with Crippen molar-refractivity contribution in [2.24, 2.45) is 11.8 Å². The minimum absolute atomic E-state index is 0.0801. The molecule has 7 aromatic carbocycles. The zero-order chi connectivity index (χ0) is 44.8. The molecule has 0 spiro atoms. The fourth-order valence-corrected chi connectivity index (χ4v) is 11.7. The molecule has 0 bridgehead atoms. The highest BCUT2D eigenvalue weighted by molar-refractivity contribution is 6.10. The molecule has 0 saturated heterocycles. The summed E-state index contributed by atoms with van der Waals surface area (Å²) in [5.74, 6) is 1.60. The van der Waals surface area contributed by atoms with Crippen LogP contribution in [-0.4, -0.2) is 20.6 Å². The molecule has 4 unspecified atom stereocenters. The quantitative estimate of drug-likeness (QED) is 0.167. The molecule has 3 aliphatic carbocycles. The Morgan fingerprint density at radius 1 is 0.552 bits per heavy atom. The van der Waals surface area contributed by atoms with Crippen molar-refractivity contribution in [3.05, 3.63) is 229 Å². The lowest BCUT2D eigenvalue weighted by Crippen LogP contribution is -2.43. The first-order chi connectivity index (χ1) is 32.9. The van der Waals surface area contributed by atoms with E-state index in [-0.39, 0.29) is 11.5 Å². The summed E-state index contributed by atoms with van der Waals surface area (Å²) in [5, 5.41) is 3.44. The van der Waals surface area contributed by atoms with Gasteiger partial charge in [0.1, 0.15) is 0 Å². The Morgan fingerprint density at radius 2 is 1.22 bits per heavy atom. The lowest BCUT2D eigenvalue weighted by atomic mass is 9.64. The van der Waals surface area contributed by atoms with Crippen molar-refractivity contribution in [2.75, 3.05) is 4.90 Å². The molecule has 322 valence electrons. The van der Waals surface area contributed by atoms with Gasteiger partial charge in [-0.05, 0) is 142 Å². The molecule has 3 heterocycles. The van der Waals surface area contributed by atoms with Crippen LogP contribution in [0.1, 0.15) is 44.9 Å². The summed E-state index contributed by atoms with van der Waals surface area (Å²) in [6.45, 7) is 7.15. The third-order valence-electron chi connectivity index (χ3n) is 15.1. The van der Waals surface area contributed by atoms with Crippen LogP contribution in [0.3, 0.4) is 0 Å². The summed E-state index contributed by atoms with van der Waals surface area (Å²) in [5.41, 5.74) is 18.9. The second-order valence-electron chi connectivity index (χ2n) is 19.2. The topological polar surface area (TPSA) is 34.0 Å². The van der Waals surface area contributed by atoms with E-state index in [2.05, 4.69) is 237 Å². The molecule has 4 aliphatic rings. The van der Waals surface area contributed by atoms with Gasteiger partial charge in [0.05, 0.1) is 28.3 Å². The maximum Gasteiger partial charge on any atom is 0.235 e. The summed E-state index contributed by atoms with van der Waals surface area (Å²) in [4.78, 5) is 13.3. The average Bonchev–Trinajstić information content (AvgIpc) is 3.85. The fraction of sp³-hybridized carbons (Fsp3) is 0.143. The molecule has 0 amide bonds. The molecular weight excluding hydrogens is 813 g/mol. The first-order valence-corrected chi connectivity index (χ1v) is 23.9. The second-order valence-corrected chi connectivity index (χ2v) is 19.2. The Morgan fingerprint density at radius 3 is 2.00 bits per heavy atom. The molecule has 9 aromatic rings. The molecular formula is C63H50N4. The molecule has 4 nitrogen and oxygen atoms in total. The van der Waals surface area contributed by atoms with Crippen molar-refractivity contribution in [1.82, 2.24) is 14.5 Å². The number of anilines is 2. The van der Waals surface area contributed by atoms with Crippen LogP contribution in [0.2, 0.25) is 0 Å². The lowest BCUT2D eigenvalue weighted by Gasteiger charge is -2.42. The molecule has 0 saturated carbocycles. The Bertz CT molecular complexity index is 3580. The van der Waals surface area contributed by atoms with Crippen LogP contribution >= 0.6 is 0 Å². The number of benzene rings is 7. The summed E-state index contributed by atoms with van der Waals surface area (Å²) < 4.78 is 2.26. The molecule has 0 fully saturated rings. The average molecular weight is 863 g/mol. The molecule has 0 N–H and O–H groups in total. The van der Waals surface area contributed by atoms with Gasteiger partial charge in [-0.1, -0.05) is 166 Å². The maximum absolute atomic E-state index is 5.40. The van der Waals surface area contributed by atoms with Gasteiger partial charge in [0.15, 0.2) is 0 Å². The number of fused-ring (bicyclic) bond motifs is 8. The SMILES string of the molecule is CC1C=C(c2nc(-n3c4ccccc4c4cc(-c5ccc6c(c5)C5(C)C7=C(C=CC5N6c5cc(-c6ccccc6)cc(-c6ccccc6)c5)C(C)CC=C7)ccc43)nc3ccccc23)C=CC1. The number of rotatable bonds is 6. The van der Waals surface area contributed by atoms with Gasteiger partial charge in [0.2, 0.25) is 5.95 Å². The van der Waals surface area contributed by atoms with Crippen molar-refractivity contribution in [3.63, 3.8) is 0 Å². The van der Waals surface area contributed by atoms with Crippen LogP contribution in [0.5, 0.6) is 0 Å². The number of allylic oxidation sites excluding steroid dienone is 8. The highest BCUT2D eigenvalue weighted by Crippen LogP contribution is 2.58. The minimum Gasteiger partial charge on any atom is -0.333 e. The maximum atomic E-state index is 5.40. The monoisotopic (exact) mass is 862 g/mol. The van der Waals surface area contributed by atoms with Crippen LogP contribution in [0.4, 0.5) is 11.4 Å². The van der Waals surface area contributed by atoms with Crippen molar-refractivity contribution in [3.8, 4) is 39.3 Å². The molecule has 4 atom stereocenters. The summed E-state index contributed by atoms with van der Waals surface area (Å²) in [7, 11) is 0. The highest BCUT2D eigenvalue weighted by atomic mass is 15.2. The summed E-state index contributed by atoms with van der Waals surface area (Å²) in [6.07, 6.45) is 18.7. The van der Waals surface area contributed by atoms with Crippen molar-refractivity contribution in [1.29, 1.82) is 0 Å². The third kappa shape index (κ3) is 6.27. The van der Waals surface area contributed by atoms with Crippen LogP contribution in [-0.2, 0) is 5.41 Å². The largest absolute Gasteiger partial charge is 0.333 e. The Balaban J connectivity index is 0.985. The number of nitrogens with zero attached hydrogens (tertiary/aromatic N) is 4. The van der Waals surface area contributed by atoms with E-state index < -0.39 is 0 Å². The van der Waals surface area contributed by atoms with Gasteiger partial charge in [-0.25, -0.2) is 9.97 Å². The van der Waals surface area contributed by atoms with E-state index >= 15 is 0 Å². The number of hydrogen-bond acceptors (Lipinski definition) is 3. The molecule has 0 radical (unpaired) electrons. The standard InChI is InChI=1S/C63H50N4/c1-40-16-14-22-46(34-40)61-52-24-10-12-26-56(52)64-62(65-61)67-57-27-13-11-23-51(57)53-38-44(28-31-58(53)67)45-29-32-59-55(39-45)63(3)54-25-15-17-41(2)50(54)30-33-60(63)66(59)49-36-47(42-18-6-4-7-19-42)35-48(37-49)43-20-8-5-9-21-43/h4-15,18-41,60H,16-17H2,1-3H3.